The summed E-state index contributed by atoms with van der Waals surface area (Å²) in [6.07, 6.45) is 1.22. The molecule has 3 heterocycles. The molecule has 1 aliphatic rings. The Bertz CT molecular complexity index is 990. The van der Waals surface area contributed by atoms with E-state index in [-0.39, 0.29) is 13.1 Å². The average molecular weight is 369 g/mol. The highest BCUT2D eigenvalue weighted by Crippen LogP contribution is 2.22. The van der Waals surface area contributed by atoms with Gasteiger partial charge >= 0.3 is 5.69 Å². The van der Waals surface area contributed by atoms with Crippen molar-refractivity contribution in [2.45, 2.75) is 43.9 Å². The van der Waals surface area contributed by atoms with E-state index in [1.54, 1.807) is 10.7 Å². The van der Waals surface area contributed by atoms with Gasteiger partial charge in [-0.25, -0.2) is 13.2 Å². The van der Waals surface area contributed by atoms with Crippen LogP contribution < -0.4 is 11.2 Å². The minimum atomic E-state index is -4.08. The van der Waals surface area contributed by atoms with E-state index in [1.807, 2.05) is 11.9 Å². The summed E-state index contributed by atoms with van der Waals surface area (Å²) in [5.41, 5.74) is -0.581. The topological polar surface area (TPSA) is 141 Å². The molecular weight excluding hydrogens is 350 g/mol. The van der Waals surface area contributed by atoms with Crippen molar-refractivity contribution in [2.75, 3.05) is 6.54 Å². The SMILES string of the molecule is CCC(O)c1cc2n(n1)CCCN(S(=O)(=O)c1c[nH]c(=O)[nH]c1=O)C2. The monoisotopic (exact) mass is 369 g/mol. The third-order valence-electron chi connectivity index (χ3n) is 4.13. The summed E-state index contributed by atoms with van der Waals surface area (Å²) in [5, 5.41) is 14.3. The van der Waals surface area contributed by atoms with Crippen molar-refractivity contribution in [3.05, 3.63) is 44.5 Å². The number of nitrogens with one attached hydrogen (secondary N) is 2. The first-order valence-corrected chi connectivity index (χ1v) is 9.33. The highest BCUT2D eigenvalue weighted by atomic mass is 32.2. The van der Waals surface area contributed by atoms with Gasteiger partial charge in [0.2, 0.25) is 10.0 Å². The summed E-state index contributed by atoms with van der Waals surface area (Å²) in [7, 11) is -4.08. The lowest BCUT2D eigenvalue weighted by molar-refractivity contribution is 0.167. The number of aromatic nitrogens is 4. The Morgan fingerprint density at radius 1 is 1.36 bits per heavy atom. The highest BCUT2D eigenvalue weighted by Gasteiger charge is 2.30. The maximum absolute atomic E-state index is 12.8. The molecule has 1 atom stereocenters. The molecule has 2 aromatic rings. The summed E-state index contributed by atoms with van der Waals surface area (Å²) in [6.45, 7) is 2.59. The van der Waals surface area contributed by atoms with Crippen LogP contribution in [0, 0.1) is 0 Å². The largest absolute Gasteiger partial charge is 0.387 e. The van der Waals surface area contributed by atoms with E-state index >= 15 is 0 Å². The van der Waals surface area contributed by atoms with E-state index in [4.69, 9.17) is 0 Å². The third-order valence-corrected chi connectivity index (χ3v) is 5.98. The van der Waals surface area contributed by atoms with Gasteiger partial charge < -0.3 is 10.1 Å². The summed E-state index contributed by atoms with van der Waals surface area (Å²) in [5.74, 6) is 0. The molecule has 0 bridgehead atoms. The summed E-state index contributed by atoms with van der Waals surface area (Å²) in [6, 6.07) is 1.68. The Morgan fingerprint density at radius 2 is 2.12 bits per heavy atom. The third kappa shape index (κ3) is 3.30. The molecule has 0 aromatic carbocycles. The number of nitrogens with zero attached hydrogens (tertiary/aromatic N) is 3. The molecule has 1 aliphatic heterocycles. The lowest BCUT2D eigenvalue weighted by Crippen LogP contribution is -2.36. The van der Waals surface area contributed by atoms with Gasteiger partial charge in [-0.3, -0.25) is 14.5 Å². The molecule has 0 radical (unpaired) electrons. The van der Waals surface area contributed by atoms with Crippen LogP contribution in [-0.4, -0.2) is 44.1 Å². The van der Waals surface area contributed by atoms with E-state index < -0.39 is 32.3 Å². The molecule has 1 unspecified atom stereocenters. The number of hydrogen-bond donors (Lipinski definition) is 3. The molecule has 0 amide bonds. The van der Waals surface area contributed by atoms with Crippen LogP contribution in [0.1, 0.15) is 37.3 Å². The van der Waals surface area contributed by atoms with Crippen molar-refractivity contribution in [1.82, 2.24) is 24.1 Å². The Labute approximate surface area is 143 Å². The molecule has 0 saturated carbocycles. The fraction of sp³-hybridized carbons (Fsp3) is 0.500. The molecular formula is C14H19N5O5S. The first-order valence-electron chi connectivity index (χ1n) is 7.89. The number of hydrogen-bond acceptors (Lipinski definition) is 6. The Balaban J connectivity index is 1.96. The number of aromatic amines is 2. The van der Waals surface area contributed by atoms with Crippen LogP contribution >= 0.6 is 0 Å². The van der Waals surface area contributed by atoms with E-state index in [0.717, 1.165) is 6.20 Å². The van der Waals surface area contributed by atoms with Gasteiger partial charge in [0.25, 0.3) is 5.56 Å². The van der Waals surface area contributed by atoms with Gasteiger partial charge in [-0.1, -0.05) is 6.92 Å². The summed E-state index contributed by atoms with van der Waals surface area (Å²) in [4.78, 5) is 26.6. The Kier molecular flexibility index (Phi) is 4.62. The molecule has 11 heteroatoms. The van der Waals surface area contributed by atoms with Crippen molar-refractivity contribution >= 4 is 10.0 Å². The zero-order valence-corrected chi connectivity index (χ0v) is 14.4. The molecule has 3 N–H and O–H groups in total. The highest BCUT2D eigenvalue weighted by molar-refractivity contribution is 7.89. The number of aliphatic hydroxyl groups excluding tert-OH is 1. The summed E-state index contributed by atoms with van der Waals surface area (Å²) >= 11 is 0. The van der Waals surface area contributed by atoms with Gasteiger partial charge in [-0.2, -0.15) is 9.40 Å². The van der Waals surface area contributed by atoms with E-state index in [1.165, 1.54) is 4.31 Å². The molecule has 25 heavy (non-hydrogen) atoms. The van der Waals surface area contributed by atoms with Gasteiger partial charge in [0, 0.05) is 19.3 Å². The smallest absolute Gasteiger partial charge is 0.325 e. The normalized spacial score (nSPS) is 17.0. The van der Waals surface area contributed by atoms with Gasteiger partial charge in [0.15, 0.2) is 4.90 Å². The Morgan fingerprint density at radius 3 is 2.80 bits per heavy atom. The minimum Gasteiger partial charge on any atom is -0.387 e. The number of H-pyrrole nitrogens is 2. The molecule has 0 aliphatic carbocycles. The second-order valence-electron chi connectivity index (χ2n) is 5.84. The van der Waals surface area contributed by atoms with Gasteiger partial charge in [-0.05, 0) is 18.9 Å². The number of aliphatic hydroxyl groups is 1. The fourth-order valence-electron chi connectivity index (χ4n) is 2.76. The lowest BCUT2D eigenvalue weighted by atomic mass is 10.2. The second-order valence-corrected chi connectivity index (χ2v) is 7.74. The van der Waals surface area contributed by atoms with Gasteiger partial charge in [0.1, 0.15) is 0 Å². The average Bonchev–Trinajstić information content (AvgIpc) is 2.85. The van der Waals surface area contributed by atoms with Gasteiger partial charge in [-0.15, -0.1) is 0 Å². The van der Waals surface area contributed by atoms with Crippen LogP contribution in [-0.2, 0) is 23.1 Å². The van der Waals surface area contributed by atoms with Crippen molar-refractivity contribution < 1.29 is 13.5 Å². The number of fused-ring (bicyclic) bond motifs is 1. The van der Waals surface area contributed by atoms with Crippen molar-refractivity contribution in [3.8, 4) is 0 Å². The predicted octanol–water partition coefficient (Wildman–Crippen LogP) is -0.702. The molecule has 0 saturated heterocycles. The molecule has 0 spiro atoms. The minimum absolute atomic E-state index is 0.0321. The maximum Gasteiger partial charge on any atom is 0.325 e. The van der Waals surface area contributed by atoms with Crippen LogP contribution in [0.2, 0.25) is 0 Å². The zero-order chi connectivity index (χ0) is 18.2. The molecule has 10 nitrogen and oxygen atoms in total. The Hall–Kier alpha value is -2.24. The quantitative estimate of drug-likeness (QED) is 0.651. The fourth-order valence-corrected chi connectivity index (χ4v) is 4.20. The van der Waals surface area contributed by atoms with Crippen LogP contribution in [0.15, 0.2) is 26.7 Å². The van der Waals surface area contributed by atoms with E-state index in [0.29, 0.717) is 30.8 Å². The standard InChI is InChI=1S/C14H19N5O5S/c1-2-11(20)10-6-9-8-18(4-3-5-19(9)17-10)25(23,24)12-7-15-14(22)16-13(12)21/h6-7,11,20H,2-5,8H2,1H3,(H2,15,16,21,22). The van der Waals surface area contributed by atoms with Crippen molar-refractivity contribution in [1.29, 1.82) is 0 Å². The van der Waals surface area contributed by atoms with E-state index in [9.17, 15) is 23.1 Å². The first-order chi connectivity index (χ1) is 11.8. The first kappa shape index (κ1) is 17.6. The van der Waals surface area contributed by atoms with Crippen LogP contribution in [0.3, 0.4) is 0 Å². The van der Waals surface area contributed by atoms with Crippen LogP contribution in [0.25, 0.3) is 0 Å². The zero-order valence-electron chi connectivity index (χ0n) is 13.6. The lowest BCUT2D eigenvalue weighted by Gasteiger charge is -2.18. The van der Waals surface area contributed by atoms with Crippen molar-refractivity contribution in [3.63, 3.8) is 0 Å². The number of rotatable bonds is 4. The number of aryl methyl sites for hydroxylation is 1. The van der Waals surface area contributed by atoms with Crippen molar-refractivity contribution in [2.24, 2.45) is 0 Å². The second kappa shape index (κ2) is 6.58. The molecule has 0 fully saturated rings. The van der Waals surface area contributed by atoms with Crippen LogP contribution in [0.4, 0.5) is 0 Å². The maximum atomic E-state index is 12.8. The van der Waals surface area contributed by atoms with Crippen LogP contribution in [0.5, 0.6) is 0 Å². The number of sulfonamides is 1. The van der Waals surface area contributed by atoms with E-state index in [2.05, 4.69) is 10.1 Å². The predicted molar refractivity (Wildman–Crippen MR) is 87.4 cm³/mol. The molecule has 136 valence electrons. The molecule has 3 rings (SSSR count). The summed E-state index contributed by atoms with van der Waals surface area (Å²) < 4.78 is 28.4. The molecule has 2 aromatic heterocycles. The van der Waals surface area contributed by atoms with Gasteiger partial charge in [0.05, 0.1) is 24.0 Å².